The predicted octanol–water partition coefficient (Wildman–Crippen LogP) is 3.27. The SMILES string of the molecule is Cc1cc(N2CCCC2)ccc1NC(=O)CN1CCCC(C)C1. The lowest BCUT2D eigenvalue weighted by molar-refractivity contribution is -0.117. The Morgan fingerprint density at radius 2 is 2.00 bits per heavy atom. The fourth-order valence-electron chi connectivity index (χ4n) is 3.78. The second-order valence-electron chi connectivity index (χ2n) is 7.22. The highest BCUT2D eigenvalue weighted by Gasteiger charge is 2.19. The Bertz CT molecular complexity index is 552. The average molecular weight is 315 g/mol. The lowest BCUT2D eigenvalue weighted by Gasteiger charge is -2.30. The van der Waals surface area contributed by atoms with E-state index in [1.165, 1.54) is 31.4 Å². The molecule has 4 heteroatoms. The van der Waals surface area contributed by atoms with Gasteiger partial charge in [0.2, 0.25) is 5.91 Å². The molecule has 1 N–H and O–H groups in total. The molecule has 0 aromatic heterocycles. The number of nitrogens with zero attached hydrogens (tertiary/aromatic N) is 2. The molecule has 0 saturated carbocycles. The number of piperidine rings is 1. The zero-order valence-corrected chi connectivity index (χ0v) is 14.5. The van der Waals surface area contributed by atoms with Crippen molar-refractivity contribution in [2.75, 3.05) is 42.9 Å². The molecule has 4 nitrogen and oxygen atoms in total. The van der Waals surface area contributed by atoms with E-state index in [1.54, 1.807) is 0 Å². The largest absolute Gasteiger partial charge is 0.372 e. The molecule has 2 saturated heterocycles. The van der Waals surface area contributed by atoms with Crippen LogP contribution in [0.3, 0.4) is 0 Å². The summed E-state index contributed by atoms with van der Waals surface area (Å²) in [6.07, 6.45) is 5.06. The molecule has 3 rings (SSSR count). The number of benzene rings is 1. The van der Waals surface area contributed by atoms with Crippen molar-refractivity contribution >= 4 is 17.3 Å². The molecule has 2 heterocycles. The number of hydrogen-bond donors (Lipinski definition) is 1. The van der Waals surface area contributed by atoms with Crippen LogP contribution in [-0.2, 0) is 4.79 Å². The number of likely N-dealkylation sites (tertiary alicyclic amines) is 1. The maximum atomic E-state index is 12.3. The summed E-state index contributed by atoms with van der Waals surface area (Å²) in [5.74, 6) is 0.814. The van der Waals surface area contributed by atoms with Crippen molar-refractivity contribution in [2.45, 2.75) is 39.5 Å². The van der Waals surface area contributed by atoms with Crippen LogP contribution in [0.5, 0.6) is 0 Å². The summed E-state index contributed by atoms with van der Waals surface area (Å²) in [4.78, 5) is 17.0. The van der Waals surface area contributed by atoms with Gasteiger partial charge in [0.05, 0.1) is 6.54 Å². The Balaban J connectivity index is 1.57. The van der Waals surface area contributed by atoms with Crippen molar-refractivity contribution in [2.24, 2.45) is 5.92 Å². The molecule has 1 unspecified atom stereocenters. The van der Waals surface area contributed by atoms with Gasteiger partial charge in [-0.25, -0.2) is 0 Å². The summed E-state index contributed by atoms with van der Waals surface area (Å²) in [5, 5.41) is 3.09. The number of carbonyl (C=O) groups is 1. The van der Waals surface area contributed by atoms with Crippen LogP contribution in [0.2, 0.25) is 0 Å². The van der Waals surface area contributed by atoms with Gasteiger partial charge in [-0.1, -0.05) is 6.92 Å². The van der Waals surface area contributed by atoms with E-state index in [9.17, 15) is 4.79 Å². The molecule has 1 atom stereocenters. The molecule has 0 spiro atoms. The predicted molar refractivity (Wildman–Crippen MR) is 96.1 cm³/mol. The highest BCUT2D eigenvalue weighted by molar-refractivity contribution is 5.93. The van der Waals surface area contributed by atoms with Crippen LogP contribution in [0.1, 0.15) is 38.2 Å². The van der Waals surface area contributed by atoms with E-state index in [1.807, 2.05) is 0 Å². The number of amides is 1. The fourth-order valence-corrected chi connectivity index (χ4v) is 3.78. The second-order valence-corrected chi connectivity index (χ2v) is 7.22. The molecule has 1 amide bonds. The summed E-state index contributed by atoms with van der Waals surface area (Å²) in [5.41, 5.74) is 3.38. The third-order valence-corrected chi connectivity index (χ3v) is 5.06. The van der Waals surface area contributed by atoms with E-state index in [0.29, 0.717) is 12.5 Å². The maximum absolute atomic E-state index is 12.3. The lowest BCUT2D eigenvalue weighted by atomic mass is 10.0. The van der Waals surface area contributed by atoms with Crippen LogP contribution in [0.15, 0.2) is 18.2 Å². The van der Waals surface area contributed by atoms with E-state index < -0.39 is 0 Å². The number of anilines is 2. The van der Waals surface area contributed by atoms with Crippen molar-refractivity contribution in [1.82, 2.24) is 4.90 Å². The molecular formula is C19H29N3O. The second kappa shape index (κ2) is 7.35. The molecular weight excluding hydrogens is 286 g/mol. The summed E-state index contributed by atoms with van der Waals surface area (Å²) in [6.45, 7) is 9.25. The van der Waals surface area contributed by atoms with Crippen molar-refractivity contribution in [3.8, 4) is 0 Å². The quantitative estimate of drug-likeness (QED) is 0.926. The summed E-state index contributed by atoms with van der Waals surface area (Å²) >= 11 is 0. The van der Waals surface area contributed by atoms with Gasteiger partial charge in [-0.15, -0.1) is 0 Å². The number of nitrogens with one attached hydrogen (secondary N) is 1. The van der Waals surface area contributed by atoms with Crippen LogP contribution in [0.4, 0.5) is 11.4 Å². The Morgan fingerprint density at radius 3 is 2.70 bits per heavy atom. The minimum Gasteiger partial charge on any atom is -0.372 e. The minimum absolute atomic E-state index is 0.108. The molecule has 2 fully saturated rings. The number of rotatable bonds is 4. The topological polar surface area (TPSA) is 35.6 Å². The van der Waals surface area contributed by atoms with E-state index in [-0.39, 0.29) is 5.91 Å². The standard InChI is InChI=1S/C19H29N3O/c1-15-6-5-9-21(13-15)14-19(23)20-18-8-7-17(12-16(18)2)22-10-3-4-11-22/h7-8,12,15H,3-6,9-11,13-14H2,1-2H3,(H,20,23). The Morgan fingerprint density at radius 1 is 1.22 bits per heavy atom. The Hall–Kier alpha value is -1.55. The third kappa shape index (κ3) is 4.25. The van der Waals surface area contributed by atoms with Gasteiger partial charge < -0.3 is 10.2 Å². The smallest absolute Gasteiger partial charge is 0.238 e. The van der Waals surface area contributed by atoms with E-state index in [2.05, 4.69) is 47.2 Å². The number of carbonyl (C=O) groups excluding carboxylic acids is 1. The van der Waals surface area contributed by atoms with Gasteiger partial charge in [0, 0.05) is 31.0 Å². The van der Waals surface area contributed by atoms with Crippen molar-refractivity contribution < 1.29 is 4.79 Å². The third-order valence-electron chi connectivity index (χ3n) is 5.06. The Labute approximate surface area is 139 Å². The molecule has 23 heavy (non-hydrogen) atoms. The molecule has 0 aliphatic carbocycles. The van der Waals surface area contributed by atoms with Gasteiger partial charge in [-0.2, -0.15) is 0 Å². The monoisotopic (exact) mass is 315 g/mol. The maximum Gasteiger partial charge on any atom is 0.238 e. The van der Waals surface area contributed by atoms with Crippen LogP contribution in [-0.4, -0.2) is 43.5 Å². The van der Waals surface area contributed by atoms with Gasteiger partial charge >= 0.3 is 0 Å². The van der Waals surface area contributed by atoms with Crippen molar-refractivity contribution in [3.05, 3.63) is 23.8 Å². The van der Waals surface area contributed by atoms with Crippen LogP contribution < -0.4 is 10.2 Å². The van der Waals surface area contributed by atoms with E-state index >= 15 is 0 Å². The summed E-state index contributed by atoms with van der Waals surface area (Å²) in [7, 11) is 0. The number of hydrogen-bond acceptors (Lipinski definition) is 3. The molecule has 1 aromatic rings. The van der Waals surface area contributed by atoms with Crippen LogP contribution in [0.25, 0.3) is 0 Å². The Kier molecular flexibility index (Phi) is 5.21. The molecule has 0 radical (unpaired) electrons. The first-order valence-electron chi connectivity index (χ1n) is 8.99. The zero-order valence-electron chi connectivity index (χ0n) is 14.5. The molecule has 126 valence electrons. The first-order valence-corrected chi connectivity index (χ1v) is 8.99. The first-order chi connectivity index (χ1) is 11.1. The molecule has 0 bridgehead atoms. The van der Waals surface area contributed by atoms with Crippen molar-refractivity contribution in [3.63, 3.8) is 0 Å². The van der Waals surface area contributed by atoms with Gasteiger partial charge in [0.15, 0.2) is 0 Å². The molecule has 2 aliphatic rings. The highest BCUT2D eigenvalue weighted by Crippen LogP contribution is 2.25. The summed E-state index contributed by atoms with van der Waals surface area (Å²) in [6, 6.07) is 6.39. The van der Waals surface area contributed by atoms with Gasteiger partial charge in [-0.3, -0.25) is 9.69 Å². The van der Waals surface area contributed by atoms with E-state index in [0.717, 1.165) is 37.4 Å². The highest BCUT2D eigenvalue weighted by atomic mass is 16.2. The lowest BCUT2D eigenvalue weighted by Crippen LogP contribution is -2.39. The molecule has 1 aromatic carbocycles. The van der Waals surface area contributed by atoms with Crippen LogP contribution in [0, 0.1) is 12.8 Å². The van der Waals surface area contributed by atoms with Gasteiger partial charge in [-0.05, 0) is 68.8 Å². The van der Waals surface area contributed by atoms with Gasteiger partial charge in [0.25, 0.3) is 0 Å². The number of aryl methyl sites for hydroxylation is 1. The summed E-state index contributed by atoms with van der Waals surface area (Å²) < 4.78 is 0. The zero-order chi connectivity index (χ0) is 16.2. The average Bonchev–Trinajstić information content (AvgIpc) is 3.03. The van der Waals surface area contributed by atoms with Crippen LogP contribution >= 0.6 is 0 Å². The minimum atomic E-state index is 0.108. The van der Waals surface area contributed by atoms with Crippen molar-refractivity contribution in [1.29, 1.82) is 0 Å². The normalized spacial score (nSPS) is 22.3. The van der Waals surface area contributed by atoms with Gasteiger partial charge in [0.1, 0.15) is 0 Å². The molecule has 2 aliphatic heterocycles. The fraction of sp³-hybridized carbons (Fsp3) is 0.632. The first kappa shape index (κ1) is 16.3. The van der Waals surface area contributed by atoms with E-state index in [4.69, 9.17) is 0 Å².